The summed E-state index contributed by atoms with van der Waals surface area (Å²) in [5.41, 5.74) is 0. The second-order valence-corrected chi connectivity index (χ2v) is 2.21. The van der Waals surface area contributed by atoms with Gasteiger partial charge in [0.15, 0.2) is 12.2 Å². The molecule has 0 amide bonds. The molecule has 0 saturated carbocycles. The van der Waals surface area contributed by atoms with Gasteiger partial charge in [0, 0.05) is 6.92 Å². The van der Waals surface area contributed by atoms with E-state index in [1.54, 1.807) is 0 Å². The number of carboxylic acids is 1. The van der Waals surface area contributed by atoms with Crippen molar-refractivity contribution in [2.24, 2.45) is 0 Å². The first-order valence-electron chi connectivity index (χ1n) is 3.34. The van der Waals surface area contributed by atoms with Gasteiger partial charge in [-0.05, 0) is 0 Å². The number of aliphatic carboxylic acids is 1. The highest BCUT2D eigenvalue weighted by Gasteiger charge is 2.32. The zero-order valence-corrected chi connectivity index (χ0v) is 7.04. The van der Waals surface area contributed by atoms with Crippen LogP contribution in [0, 0.1) is 0 Å². The number of hydrogen-bond acceptors (Lipinski definition) is 7. The molecule has 0 bridgehead atoms. The van der Waals surface area contributed by atoms with Crippen molar-refractivity contribution in [2.75, 3.05) is 0 Å². The highest BCUT2D eigenvalue weighted by Crippen LogP contribution is 1.97. The lowest BCUT2D eigenvalue weighted by Crippen LogP contribution is -2.40. The molecule has 0 aliphatic carbocycles. The zero-order valence-electron chi connectivity index (χ0n) is 7.04. The lowest BCUT2D eigenvalue weighted by atomic mass is 10.2. The van der Waals surface area contributed by atoms with Crippen molar-refractivity contribution >= 4 is 17.9 Å². The minimum Gasteiger partial charge on any atom is -0.479 e. The summed E-state index contributed by atoms with van der Waals surface area (Å²) in [6, 6.07) is 0. The summed E-state index contributed by atoms with van der Waals surface area (Å²) in [6.45, 7) is 0.924. The third-order valence-electron chi connectivity index (χ3n) is 1.03. The van der Waals surface area contributed by atoms with Crippen LogP contribution >= 0.6 is 0 Å². The molecule has 0 aromatic carbocycles. The topological polar surface area (TPSA) is 130 Å². The average Bonchev–Trinajstić information content (AvgIpc) is 2.11. The van der Waals surface area contributed by atoms with E-state index < -0.39 is 30.1 Å². The molecule has 8 heteroatoms. The van der Waals surface area contributed by atoms with Gasteiger partial charge in [-0.1, -0.05) is 0 Å². The average molecular weight is 208 g/mol. The molecular formula is C6H8O8. The van der Waals surface area contributed by atoms with Crippen LogP contribution in [0.2, 0.25) is 0 Å². The van der Waals surface area contributed by atoms with Gasteiger partial charge < -0.3 is 15.3 Å². The van der Waals surface area contributed by atoms with Crippen LogP contribution in [0.1, 0.15) is 6.92 Å². The van der Waals surface area contributed by atoms with E-state index in [0.717, 1.165) is 6.92 Å². The van der Waals surface area contributed by atoms with E-state index in [-0.39, 0.29) is 0 Å². The molecule has 80 valence electrons. The van der Waals surface area contributed by atoms with Crippen LogP contribution in [0.15, 0.2) is 0 Å². The first-order chi connectivity index (χ1) is 6.36. The standard InChI is InChI=1S/C6H8O8/c1-2(7)13-14-6(12)4(9)3(8)5(10)11/h3-4,8-9H,1H3,(H,10,11)/t3-,4-/m1/s1. The Morgan fingerprint density at radius 1 is 1.07 bits per heavy atom. The quantitative estimate of drug-likeness (QED) is 0.352. The summed E-state index contributed by atoms with van der Waals surface area (Å²) in [4.78, 5) is 38.2. The fourth-order valence-electron chi connectivity index (χ4n) is 0.413. The van der Waals surface area contributed by atoms with Gasteiger partial charge >= 0.3 is 17.9 Å². The predicted molar refractivity (Wildman–Crippen MR) is 37.5 cm³/mol. The minimum absolute atomic E-state index is 0.924. The van der Waals surface area contributed by atoms with Crippen LogP contribution in [0.5, 0.6) is 0 Å². The van der Waals surface area contributed by atoms with E-state index in [9.17, 15) is 14.4 Å². The third-order valence-corrected chi connectivity index (χ3v) is 1.03. The smallest absolute Gasteiger partial charge is 0.387 e. The Bertz CT molecular complexity index is 246. The van der Waals surface area contributed by atoms with Crippen molar-refractivity contribution < 1.29 is 39.5 Å². The molecule has 0 spiro atoms. The largest absolute Gasteiger partial charge is 0.479 e. The molecule has 0 aromatic heterocycles. The normalized spacial score (nSPS) is 13.9. The fraction of sp³-hybridized carbons (Fsp3) is 0.500. The summed E-state index contributed by atoms with van der Waals surface area (Å²) in [5.74, 6) is -4.34. The summed E-state index contributed by atoms with van der Waals surface area (Å²) in [7, 11) is 0. The number of carbonyl (C=O) groups is 3. The van der Waals surface area contributed by atoms with Crippen LogP contribution in [0.4, 0.5) is 0 Å². The third kappa shape index (κ3) is 3.83. The Labute approximate surface area is 77.6 Å². The van der Waals surface area contributed by atoms with Crippen LogP contribution in [-0.4, -0.2) is 45.4 Å². The summed E-state index contributed by atoms with van der Waals surface area (Å²) in [5, 5.41) is 25.6. The number of rotatable bonds is 3. The summed E-state index contributed by atoms with van der Waals surface area (Å²) in [6.07, 6.45) is -4.65. The van der Waals surface area contributed by atoms with Crippen molar-refractivity contribution in [1.82, 2.24) is 0 Å². The van der Waals surface area contributed by atoms with Gasteiger partial charge in [0.05, 0.1) is 0 Å². The van der Waals surface area contributed by atoms with Crippen molar-refractivity contribution in [2.45, 2.75) is 19.1 Å². The van der Waals surface area contributed by atoms with Crippen LogP contribution in [0.3, 0.4) is 0 Å². The molecule has 0 saturated heterocycles. The summed E-state index contributed by atoms with van der Waals surface area (Å²) >= 11 is 0. The monoisotopic (exact) mass is 208 g/mol. The lowest BCUT2D eigenvalue weighted by Gasteiger charge is -2.10. The molecule has 0 aliphatic heterocycles. The maximum Gasteiger partial charge on any atom is 0.387 e. The maximum atomic E-state index is 10.6. The lowest BCUT2D eigenvalue weighted by molar-refractivity contribution is -0.265. The van der Waals surface area contributed by atoms with E-state index in [1.807, 2.05) is 0 Å². The highest BCUT2D eigenvalue weighted by molar-refractivity contribution is 5.84. The number of carboxylic acid groups (broad SMARTS) is 1. The van der Waals surface area contributed by atoms with Crippen LogP contribution in [-0.2, 0) is 24.2 Å². The van der Waals surface area contributed by atoms with Gasteiger partial charge in [0.1, 0.15) is 0 Å². The van der Waals surface area contributed by atoms with E-state index >= 15 is 0 Å². The fourth-order valence-corrected chi connectivity index (χ4v) is 0.413. The zero-order chi connectivity index (χ0) is 11.3. The first-order valence-corrected chi connectivity index (χ1v) is 3.34. The number of aliphatic hydroxyl groups excluding tert-OH is 2. The predicted octanol–water partition coefficient (Wildman–Crippen LogP) is -2.19. The molecule has 0 aromatic rings. The van der Waals surface area contributed by atoms with Gasteiger partial charge in [0.2, 0.25) is 0 Å². The van der Waals surface area contributed by atoms with Crippen molar-refractivity contribution in [1.29, 1.82) is 0 Å². The molecule has 8 nitrogen and oxygen atoms in total. The second kappa shape index (κ2) is 5.14. The number of aliphatic hydroxyl groups is 2. The van der Waals surface area contributed by atoms with Gasteiger partial charge in [-0.2, -0.15) is 0 Å². The molecule has 0 heterocycles. The van der Waals surface area contributed by atoms with Crippen LogP contribution in [0.25, 0.3) is 0 Å². The molecule has 0 aliphatic rings. The number of hydrogen-bond donors (Lipinski definition) is 3. The molecule has 0 rings (SSSR count). The van der Waals surface area contributed by atoms with Gasteiger partial charge in [-0.15, -0.1) is 0 Å². The number of carbonyl (C=O) groups excluding carboxylic acids is 2. The molecule has 0 unspecified atom stereocenters. The van der Waals surface area contributed by atoms with Crippen molar-refractivity contribution in [3.63, 3.8) is 0 Å². The Morgan fingerprint density at radius 3 is 1.93 bits per heavy atom. The Hall–Kier alpha value is -1.67. The Kier molecular flexibility index (Phi) is 4.53. The molecule has 0 radical (unpaired) electrons. The van der Waals surface area contributed by atoms with E-state index in [2.05, 4.69) is 9.78 Å². The van der Waals surface area contributed by atoms with E-state index in [0.29, 0.717) is 0 Å². The Balaban J connectivity index is 4.11. The first kappa shape index (κ1) is 12.3. The second-order valence-electron chi connectivity index (χ2n) is 2.21. The summed E-state index contributed by atoms with van der Waals surface area (Å²) < 4.78 is 0. The van der Waals surface area contributed by atoms with Gasteiger partial charge in [-0.3, -0.25) is 0 Å². The van der Waals surface area contributed by atoms with Gasteiger partial charge in [-0.25, -0.2) is 24.2 Å². The molecule has 2 atom stereocenters. The van der Waals surface area contributed by atoms with Gasteiger partial charge in [0.25, 0.3) is 0 Å². The van der Waals surface area contributed by atoms with Crippen molar-refractivity contribution in [3.8, 4) is 0 Å². The highest BCUT2D eigenvalue weighted by atomic mass is 17.2. The van der Waals surface area contributed by atoms with E-state index in [4.69, 9.17) is 15.3 Å². The maximum absolute atomic E-state index is 10.6. The minimum atomic E-state index is -2.34. The Morgan fingerprint density at radius 2 is 1.57 bits per heavy atom. The van der Waals surface area contributed by atoms with E-state index in [1.165, 1.54) is 0 Å². The molecule has 14 heavy (non-hydrogen) atoms. The van der Waals surface area contributed by atoms with Crippen LogP contribution < -0.4 is 0 Å². The van der Waals surface area contributed by atoms with Crippen molar-refractivity contribution in [3.05, 3.63) is 0 Å². The molecule has 0 fully saturated rings. The molecular weight excluding hydrogens is 200 g/mol. The molecule has 3 N–H and O–H groups in total. The SMILES string of the molecule is CC(=O)OOC(=O)[C@H](O)[C@@H](O)C(=O)O.